The minimum Gasteiger partial charge on any atom is -0.318 e. The molecule has 2 aromatic rings. The van der Waals surface area contributed by atoms with Gasteiger partial charge in [-0.2, -0.15) is 0 Å². The molecule has 24 heavy (non-hydrogen) atoms. The van der Waals surface area contributed by atoms with Crippen LogP contribution in [0.25, 0.3) is 0 Å². The monoisotopic (exact) mass is 341 g/mol. The Kier molecular flexibility index (Phi) is 3.55. The van der Waals surface area contributed by atoms with Crippen molar-refractivity contribution in [2.24, 2.45) is 0 Å². The third-order valence-electron chi connectivity index (χ3n) is 4.58. The molecular formula is C18H16ClN3O2. The minimum atomic E-state index is -1.08. The summed E-state index contributed by atoms with van der Waals surface area (Å²) in [5.74, 6) is -0.325. The molecule has 0 saturated carbocycles. The summed E-state index contributed by atoms with van der Waals surface area (Å²) in [7, 11) is 0. The Labute approximate surface area is 144 Å². The lowest BCUT2D eigenvalue weighted by Crippen LogP contribution is -2.55. The lowest BCUT2D eigenvalue weighted by molar-refractivity contribution is -0.125. The average molecular weight is 342 g/mol. The highest BCUT2D eigenvalue weighted by atomic mass is 35.5. The molecule has 0 bridgehead atoms. The number of urea groups is 1. The van der Waals surface area contributed by atoms with Crippen LogP contribution in [0.3, 0.4) is 0 Å². The molecule has 2 aliphatic rings. The third-order valence-corrected chi connectivity index (χ3v) is 4.81. The molecule has 5 nitrogen and oxygen atoms in total. The van der Waals surface area contributed by atoms with Gasteiger partial charge in [-0.3, -0.25) is 15.0 Å². The topological polar surface area (TPSA) is 61.4 Å². The Hall–Kier alpha value is -2.37. The van der Waals surface area contributed by atoms with Crippen LogP contribution in [0.1, 0.15) is 16.7 Å². The molecule has 1 spiro atoms. The Morgan fingerprint density at radius 3 is 2.62 bits per heavy atom. The van der Waals surface area contributed by atoms with Gasteiger partial charge in [0, 0.05) is 24.7 Å². The van der Waals surface area contributed by atoms with Crippen molar-refractivity contribution in [2.45, 2.75) is 18.6 Å². The summed E-state index contributed by atoms with van der Waals surface area (Å²) in [6.07, 6.45) is 0. The van der Waals surface area contributed by atoms with E-state index >= 15 is 0 Å². The molecule has 122 valence electrons. The van der Waals surface area contributed by atoms with Gasteiger partial charge in [-0.05, 0) is 28.8 Å². The Morgan fingerprint density at radius 1 is 1.12 bits per heavy atom. The summed E-state index contributed by atoms with van der Waals surface area (Å²) in [6, 6.07) is 15.1. The van der Waals surface area contributed by atoms with Crippen LogP contribution in [-0.4, -0.2) is 23.4 Å². The molecule has 0 aromatic heterocycles. The van der Waals surface area contributed by atoms with Gasteiger partial charge in [-0.25, -0.2) is 4.79 Å². The molecule has 1 atom stereocenters. The van der Waals surface area contributed by atoms with Crippen molar-refractivity contribution >= 4 is 23.5 Å². The second-order valence-corrected chi connectivity index (χ2v) is 6.68. The lowest BCUT2D eigenvalue weighted by atomic mass is 9.82. The van der Waals surface area contributed by atoms with Crippen molar-refractivity contribution in [2.75, 3.05) is 6.54 Å². The number of rotatable bonds is 2. The zero-order chi connectivity index (χ0) is 16.7. The number of hydrogen-bond acceptors (Lipinski definition) is 3. The Balaban J connectivity index is 1.74. The van der Waals surface area contributed by atoms with Crippen molar-refractivity contribution in [1.82, 2.24) is 15.5 Å². The van der Waals surface area contributed by atoms with Crippen LogP contribution in [-0.2, 0) is 23.4 Å². The average Bonchev–Trinajstić information content (AvgIpc) is 2.83. The summed E-state index contributed by atoms with van der Waals surface area (Å²) in [5.41, 5.74) is 1.86. The molecule has 2 heterocycles. The molecule has 2 N–H and O–H groups in total. The molecule has 1 unspecified atom stereocenters. The number of hydrogen-bond donors (Lipinski definition) is 2. The van der Waals surface area contributed by atoms with Gasteiger partial charge in [-0.15, -0.1) is 0 Å². The highest BCUT2D eigenvalue weighted by Gasteiger charge is 2.51. The van der Waals surface area contributed by atoms with Crippen LogP contribution < -0.4 is 10.6 Å². The summed E-state index contributed by atoms with van der Waals surface area (Å²) >= 11 is 6.13. The van der Waals surface area contributed by atoms with Crippen molar-refractivity contribution in [3.8, 4) is 0 Å². The highest BCUT2D eigenvalue weighted by Crippen LogP contribution is 2.36. The molecule has 1 saturated heterocycles. The van der Waals surface area contributed by atoms with Crippen molar-refractivity contribution in [3.63, 3.8) is 0 Å². The van der Waals surface area contributed by atoms with Gasteiger partial charge in [-0.1, -0.05) is 48.0 Å². The van der Waals surface area contributed by atoms with Crippen LogP contribution >= 0.6 is 11.6 Å². The van der Waals surface area contributed by atoms with Gasteiger partial charge in [0.15, 0.2) is 5.54 Å². The number of imide groups is 1. The van der Waals surface area contributed by atoms with Crippen molar-refractivity contribution in [3.05, 3.63) is 70.2 Å². The van der Waals surface area contributed by atoms with E-state index in [0.717, 1.165) is 16.7 Å². The second kappa shape index (κ2) is 5.61. The van der Waals surface area contributed by atoms with Gasteiger partial charge in [0.25, 0.3) is 5.91 Å². The number of benzene rings is 2. The van der Waals surface area contributed by atoms with E-state index in [1.54, 1.807) is 6.07 Å². The molecule has 6 heteroatoms. The Morgan fingerprint density at radius 2 is 1.92 bits per heavy atom. The molecule has 0 aliphatic carbocycles. The number of halogens is 1. The van der Waals surface area contributed by atoms with Crippen molar-refractivity contribution < 1.29 is 9.59 Å². The molecule has 2 aliphatic heterocycles. The van der Waals surface area contributed by atoms with E-state index in [2.05, 4.69) is 27.7 Å². The fourth-order valence-corrected chi connectivity index (χ4v) is 3.72. The van der Waals surface area contributed by atoms with Gasteiger partial charge in [0.2, 0.25) is 0 Å². The maximum absolute atomic E-state index is 12.6. The van der Waals surface area contributed by atoms with E-state index in [1.807, 2.05) is 30.3 Å². The van der Waals surface area contributed by atoms with Gasteiger partial charge < -0.3 is 5.32 Å². The van der Waals surface area contributed by atoms with E-state index in [-0.39, 0.29) is 5.91 Å². The molecule has 4 rings (SSSR count). The molecule has 2 aromatic carbocycles. The first-order valence-electron chi connectivity index (χ1n) is 7.76. The molecule has 0 radical (unpaired) electrons. The quantitative estimate of drug-likeness (QED) is 0.824. The smallest absolute Gasteiger partial charge is 0.318 e. The summed E-state index contributed by atoms with van der Waals surface area (Å²) in [5, 5.41) is 5.74. The summed E-state index contributed by atoms with van der Waals surface area (Å²) in [4.78, 5) is 26.5. The van der Waals surface area contributed by atoms with Crippen LogP contribution in [0.5, 0.6) is 0 Å². The number of fused-ring (bicyclic) bond motifs is 2. The number of carbonyl (C=O) groups is 2. The summed E-state index contributed by atoms with van der Waals surface area (Å²) in [6.45, 7) is 1.81. The van der Waals surface area contributed by atoms with E-state index in [9.17, 15) is 9.59 Å². The van der Waals surface area contributed by atoms with E-state index < -0.39 is 11.6 Å². The zero-order valence-electron chi connectivity index (χ0n) is 12.9. The minimum absolute atomic E-state index is 0.325. The van der Waals surface area contributed by atoms with Crippen LogP contribution in [0.2, 0.25) is 5.02 Å². The number of nitrogens with zero attached hydrogens (tertiary/aromatic N) is 1. The molecular weight excluding hydrogens is 326 g/mol. The number of carbonyl (C=O) groups excluding carboxylic acids is 2. The van der Waals surface area contributed by atoms with Gasteiger partial charge in [0.05, 0.1) is 0 Å². The number of amides is 3. The van der Waals surface area contributed by atoms with E-state index in [0.29, 0.717) is 24.7 Å². The predicted molar refractivity (Wildman–Crippen MR) is 90.4 cm³/mol. The zero-order valence-corrected chi connectivity index (χ0v) is 13.6. The van der Waals surface area contributed by atoms with Crippen LogP contribution in [0.15, 0.2) is 48.5 Å². The highest BCUT2D eigenvalue weighted by molar-refractivity contribution is 6.30. The Bertz CT molecular complexity index is 824. The van der Waals surface area contributed by atoms with E-state index in [1.165, 1.54) is 0 Å². The lowest BCUT2D eigenvalue weighted by Gasteiger charge is -2.40. The SMILES string of the molecule is O=C1NC(=O)C2(CN(Cc3ccccc3)Cc3ccc(Cl)cc32)N1. The first-order chi connectivity index (χ1) is 11.6. The normalized spacial score (nSPS) is 23.0. The largest absolute Gasteiger partial charge is 0.322 e. The first-order valence-corrected chi connectivity index (χ1v) is 8.13. The number of nitrogens with one attached hydrogen (secondary N) is 2. The fraction of sp³-hybridized carbons (Fsp3) is 0.222. The maximum atomic E-state index is 12.6. The van der Waals surface area contributed by atoms with Crippen molar-refractivity contribution in [1.29, 1.82) is 0 Å². The van der Waals surface area contributed by atoms with Crippen LogP contribution in [0, 0.1) is 0 Å². The second-order valence-electron chi connectivity index (χ2n) is 6.25. The van der Waals surface area contributed by atoms with Crippen LogP contribution in [0.4, 0.5) is 4.79 Å². The standard InChI is InChI=1S/C18H16ClN3O2/c19-14-7-6-13-10-22(9-12-4-2-1-3-5-12)11-18(15(13)8-14)16(23)20-17(24)21-18/h1-8H,9-11H2,(H2,20,21,23,24). The van der Waals surface area contributed by atoms with Gasteiger partial charge in [0.1, 0.15) is 0 Å². The first kappa shape index (κ1) is 15.2. The van der Waals surface area contributed by atoms with E-state index in [4.69, 9.17) is 11.6 Å². The fourth-order valence-electron chi connectivity index (χ4n) is 3.55. The maximum Gasteiger partial charge on any atom is 0.322 e. The third kappa shape index (κ3) is 2.46. The molecule has 3 amide bonds. The summed E-state index contributed by atoms with van der Waals surface area (Å²) < 4.78 is 0. The predicted octanol–water partition coefficient (Wildman–Crippen LogP) is 2.39. The molecule has 1 fully saturated rings. The van der Waals surface area contributed by atoms with Gasteiger partial charge >= 0.3 is 6.03 Å².